The van der Waals surface area contributed by atoms with E-state index in [1.54, 1.807) is 6.92 Å². The second-order valence-corrected chi connectivity index (χ2v) is 4.34. The van der Waals surface area contributed by atoms with Gasteiger partial charge in [-0.3, -0.25) is 0 Å². The first-order valence-electron chi connectivity index (χ1n) is 6.08. The molecule has 0 aliphatic rings. The molecule has 0 bridgehead atoms. The molecule has 0 unspecified atom stereocenters. The molecule has 22 heavy (non-hydrogen) atoms. The second kappa shape index (κ2) is 5.72. The normalized spacial score (nSPS) is 11.0. The van der Waals surface area contributed by atoms with Crippen molar-refractivity contribution < 1.29 is 29.0 Å². The summed E-state index contributed by atoms with van der Waals surface area (Å²) < 4.78 is 9.92. The minimum absolute atomic E-state index is 0.166. The topological polar surface area (TPSA) is 135 Å². The van der Waals surface area contributed by atoms with E-state index in [1.807, 2.05) is 0 Å². The molecule has 2 aromatic rings. The lowest BCUT2D eigenvalue weighted by molar-refractivity contribution is -0.156. The van der Waals surface area contributed by atoms with E-state index in [9.17, 15) is 19.8 Å². The van der Waals surface area contributed by atoms with Crippen molar-refractivity contribution in [3.8, 4) is 5.88 Å². The van der Waals surface area contributed by atoms with Crippen LogP contribution in [0.1, 0.15) is 11.5 Å². The van der Waals surface area contributed by atoms with Gasteiger partial charge in [0.15, 0.2) is 5.76 Å². The molecule has 0 saturated heterocycles. The van der Waals surface area contributed by atoms with E-state index < -0.39 is 17.5 Å². The van der Waals surface area contributed by atoms with Gasteiger partial charge in [-0.15, -0.1) is 0 Å². The van der Waals surface area contributed by atoms with Gasteiger partial charge in [-0.2, -0.15) is 4.98 Å². The van der Waals surface area contributed by atoms with Crippen molar-refractivity contribution in [3.63, 3.8) is 0 Å². The minimum Gasteiger partial charge on any atom is -0.481 e. The summed E-state index contributed by atoms with van der Waals surface area (Å²) in [6.07, 6.45) is 1.18. The fourth-order valence-electron chi connectivity index (χ4n) is 1.83. The van der Waals surface area contributed by atoms with E-state index in [4.69, 9.17) is 9.15 Å². The van der Waals surface area contributed by atoms with Crippen LogP contribution in [0.4, 0.5) is 5.95 Å². The second-order valence-electron chi connectivity index (χ2n) is 4.34. The van der Waals surface area contributed by atoms with Crippen LogP contribution < -0.4 is 10.1 Å². The van der Waals surface area contributed by atoms with Crippen molar-refractivity contribution in [2.75, 3.05) is 12.4 Å². The molecule has 0 atom stereocenters. The molecule has 0 fully saturated rings. The summed E-state index contributed by atoms with van der Waals surface area (Å²) in [5.74, 6) is -3.69. The quantitative estimate of drug-likeness (QED) is 0.664. The molecule has 116 valence electrons. The van der Waals surface area contributed by atoms with Gasteiger partial charge in [-0.25, -0.2) is 14.6 Å². The number of hydrogen-bond acceptors (Lipinski definition) is 7. The summed E-state index contributed by atoms with van der Waals surface area (Å²) in [5, 5.41) is 21.2. The van der Waals surface area contributed by atoms with Gasteiger partial charge in [0.1, 0.15) is 0 Å². The van der Waals surface area contributed by atoms with Crippen molar-refractivity contribution in [1.29, 1.82) is 0 Å². The molecule has 0 aromatic carbocycles. The molecule has 0 aliphatic heterocycles. The summed E-state index contributed by atoms with van der Waals surface area (Å²) in [5.41, 5.74) is -2.08. The highest BCUT2D eigenvalue weighted by atomic mass is 16.5. The predicted molar refractivity (Wildman–Crippen MR) is 72.6 cm³/mol. The van der Waals surface area contributed by atoms with Crippen LogP contribution in [0, 0.1) is 6.92 Å². The van der Waals surface area contributed by atoms with Crippen LogP contribution in [0.25, 0.3) is 0 Å². The predicted octanol–water partition coefficient (Wildman–Crippen LogP) is 0.863. The van der Waals surface area contributed by atoms with Crippen LogP contribution in [0.2, 0.25) is 0 Å². The lowest BCUT2D eigenvalue weighted by Gasteiger charge is -2.24. The van der Waals surface area contributed by atoms with E-state index in [1.165, 1.54) is 31.6 Å². The Kier molecular flexibility index (Phi) is 3.97. The Labute approximate surface area is 124 Å². The number of nitrogens with one attached hydrogen (secondary N) is 1. The number of methoxy groups -OCH3 is 1. The molecular formula is C13H13N3O6. The largest absolute Gasteiger partial charge is 0.481 e. The number of carbonyl (C=O) groups is 2. The van der Waals surface area contributed by atoms with Crippen LogP contribution in [0.15, 0.2) is 28.9 Å². The number of hydrogen-bond donors (Lipinski definition) is 3. The Morgan fingerprint density at radius 3 is 2.50 bits per heavy atom. The third-order valence-electron chi connectivity index (χ3n) is 2.87. The number of aromatic nitrogens is 2. The molecule has 9 nitrogen and oxygen atoms in total. The molecule has 2 aromatic heterocycles. The zero-order valence-corrected chi connectivity index (χ0v) is 11.7. The van der Waals surface area contributed by atoms with E-state index in [-0.39, 0.29) is 17.6 Å². The first kappa shape index (κ1) is 15.3. The highest BCUT2D eigenvalue weighted by Gasteiger charge is 2.52. The number of carboxylic acid groups (broad SMARTS) is 2. The van der Waals surface area contributed by atoms with E-state index >= 15 is 0 Å². The average molecular weight is 307 g/mol. The average Bonchev–Trinajstić information content (AvgIpc) is 2.97. The zero-order chi connectivity index (χ0) is 16.3. The first-order valence-corrected chi connectivity index (χ1v) is 6.08. The van der Waals surface area contributed by atoms with E-state index in [2.05, 4.69) is 15.3 Å². The molecule has 9 heteroatoms. The summed E-state index contributed by atoms with van der Waals surface area (Å²) in [7, 11) is 1.37. The number of anilines is 1. The zero-order valence-electron chi connectivity index (χ0n) is 11.7. The van der Waals surface area contributed by atoms with Gasteiger partial charge in [-0.05, 0) is 19.1 Å². The number of ether oxygens (including phenoxy) is 1. The van der Waals surface area contributed by atoms with Gasteiger partial charge in [0.2, 0.25) is 11.8 Å². The maximum absolute atomic E-state index is 11.6. The van der Waals surface area contributed by atoms with Crippen molar-refractivity contribution >= 4 is 17.9 Å². The molecule has 0 spiro atoms. The number of furan rings is 1. The van der Waals surface area contributed by atoms with Crippen LogP contribution >= 0.6 is 0 Å². The standard InChI is InChI=1S/C13H13N3O6/c1-7-6-9(21-2)15-12(14-7)16-13(10(17)18,11(19)20)8-4-3-5-22-8/h3-6H,1-2H3,(H,17,18)(H,19,20)(H,14,15,16). The van der Waals surface area contributed by atoms with Crippen molar-refractivity contribution in [3.05, 3.63) is 35.9 Å². The molecule has 2 heterocycles. The molecule has 0 radical (unpaired) electrons. The number of aryl methyl sites for hydroxylation is 1. The van der Waals surface area contributed by atoms with Gasteiger partial charge in [-0.1, -0.05) is 0 Å². The number of carboxylic acids is 2. The Bertz CT molecular complexity index is 684. The summed E-state index contributed by atoms with van der Waals surface area (Å²) >= 11 is 0. The number of rotatable bonds is 6. The van der Waals surface area contributed by atoms with Gasteiger partial charge < -0.3 is 24.7 Å². The maximum atomic E-state index is 11.6. The third kappa shape index (κ3) is 2.55. The lowest BCUT2D eigenvalue weighted by atomic mass is 9.96. The fraction of sp³-hybridized carbons (Fsp3) is 0.231. The summed E-state index contributed by atoms with van der Waals surface area (Å²) in [6, 6.07) is 4.14. The number of nitrogens with zero attached hydrogens (tertiary/aromatic N) is 2. The van der Waals surface area contributed by atoms with Gasteiger partial charge >= 0.3 is 11.9 Å². The molecular weight excluding hydrogens is 294 g/mol. The Hall–Kier alpha value is -3.10. The van der Waals surface area contributed by atoms with Crippen molar-refractivity contribution in [2.45, 2.75) is 12.5 Å². The van der Waals surface area contributed by atoms with E-state index in [0.717, 1.165) is 0 Å². The monoisotopic (exact) mass is 307 g/mol. The number of aliphatic carboxylic acids is 2. The minimum atomic E-state index is -2.55. The van der Waals surface area contributed by atoms with E-state index in [0.29, 0.717) is 5.69 Å². The summed E-state index contributed by atoms with van der Waals surface area (Å²) in [4.78, 5) is 31.1. The molecule has 0 aliphatic carbocycles. The highest BCUT2D eigenvalue weighted by molar-refractivity contribution is 6.06. The maximum Gasteiger partial charge on any atom is 0.349 e. The third-order valence-corrected chi connectivity index (χ3v) is 2.87. The van der Waals surface area contributed by atoms with Crippen LogP contribution in [-0.2, 0) is 15.1 Å². The van der Waals surface area contributed by atoms with Crippen LogP contribution in [0.3, 0.4) is 0 Å². The van der Waals surface area contributed by atoms with Crippen molar-refractivity contribution in [2.24, 2.45) is 0 Å². The van der Waals surface area contributed by atoms with Gasteiger partial charge in [0, 0.05) is 11.8 Å². The SMILES string of the molecule is COc1cc(C)nc(NC(C(=O)O)(C(=O)O)c2ccco2)n1. The first-order chi connectivity index (χ1) is 10.4. The fourth-order valence-corrected chi connectivity index (χ4v) is 1.83. The van der Waals surface area contributed by atoms with Gasteiger partial charge in [0.25, 0.3) is 5.54 Å². The van der Waals surface area contributed by atoms with Crippen LogP contribution in [-0.4, -0.2) is 39.2 Å². The Balaban J connectivity index is 2.54. The van der Waals surface area contributed by atoms with Crippen molar-refractivity contribution in [1.82, 2.24) is 9.97 Å². The highest BCUT2D eigenvalue weighted by Crippen LogP contribution is 2.27. The molecule has 3 N–H and O–H groups in total. The Morgan fingerprint density at radius 2 is 2.00 bits per heavy atom. The molecule has 0 saturated carbocycles. The lowest BCUT2D eigenvalue weighted by Crippen LogP contribution is -2.50. The van der Waals surface area contributed by atoms with Crippen LogP contribution in [0.5, 0.6) is 5.88 Å². The molecule has 0 amide bonds. The smallest absolute Gasteiger partial charge is 0.349 e. The molecule has 2 rings (SSSR count). The Morgan fingerprint density at radius 1 is 1.32 bits per heavy atom. The van der Waals surface area contributed by atoms with Gasteiger partial charge in [0.05, 0.1) is 13.4 Å². The summed E-state index contributed by atoms with van der Waals surface area (Å²) in [6.45, 7) is 1.63.